The first-order chi connectivity index (χ1) is 16.4. The molecule has 2 aliphatic rings. The maximum absolute atomic E-state index is 12.9. The normalized spacial score (nSPS) is 20.8. The monoisotopic (exact) mass is 466 g/mol. The zero-order valence-corrected chi connectivity index (χ0v) is 21.1. The van der Waals surface area contributed by atoms with Crippen LogP contribution >= 0.6 is 0 Å². The molecule has 2 atom stereocenters. The van der Waals surface area contributed by atoms with E-state index in [1.807, 2.05) is 19.1 Å². The molecule has 2 unspecified atom stereocenters. The van der Waals surface area contributed by atoms with Crippen LogP contribution in [0.1, 0.15) is 62.8 Å². The number of piperidine rings is 1. The second-order valence-electron chi connectivity index (χ2n) is 9.73. The van der Waals surface area contributed by atoms with E-state index in [1.165, 1.54) is 5.56 Å². The molecule has 2 aromatic rings. The van der Waals surface area contributed by atoms with Gasteiger partial charge in [0.05, 0.1) is 5.69 Å². The number of nitrogens with zero attached hydrogens (tertiary/aromatic N) is 3. The third kappa shape index (κ3) is 5.30. The number of benzene rings is 1. The third-order valence-corrected chi connectivity index (χ3v) is 6.86. The molecule has 184 valence electrons. The van der Waals surface area contributed by atoms with Gasteiger partial charge in [0, 0.05) is 37.8 Å². The van der Waals surface area contributed by atoms with Gasteiger partial charge in [0.1, 0.15) is 13.2 Å². The predicted molar refractivity (Wildman–Crippen MR) is 137 cm³/mol. The molecule has 1 fully saturated rings. The molecule has 7 nitrogen and oxygen atoms in total. The SMILES string of the molecule is CCC/C=C\c1nc(NC2CC(c3ccc4c(c3)OCCO4)CN(C(C)C)C2)n(C)c(=O)c1C. The van der Waals surface area contributed by atoms with Crippen molar-refractivity contribution in [1.82, 2.24) is 14.5 Å². The molecule has 3 heterocycles. The van der Waals surface area contributed by atoms with Crippen molar-refractivity contribution < 1.29 is 9.47 Å². The fourth-order valence-electron chi connectivity index (χ4n) is 4.78. The summed E-state index contributed by atoms with van der Waals surface area (Å²) in [4.78, 5) is 20.2. The highest BCUT2D eigenvalue weighted by Gasteiger charge is 2.31. The minimum Gasteiger partial charge on any atom is -0.486 e. The molecule has 1 saturated heterocycles. The van der Waals surface area contributed by atoms with E-state index in [2.05, 4.69) is 49.2 Å². The van der Waals surface area contributed by atoms with Crippen molar-refractivity contribution >= 4 is 12.0 Å². The third-order valence-electron chi connectivity index (χ3n) is 6.86. The highest BCUT2D eigenvalue weighted by molar-refractivity contribution is 5.51. The molecule has 0 saturated carbocycles. The quantitative estimate of drug-likeness (QED) is 0.654. The van der Waals surface area contributed by atoms with Crippen LogP contribution in [0.5, 0.6) is 11.5 Å². The summed E-state index contributed by atoms with van der Waals surface area (Å²) in [5.74, 6) is 2.63. The number of fused-ring (bicyclic) bond motifs is 1. The molecule has 34 heavy (non-hydrogen) atoms. The standard InChI is InChI=1S/C27H38N4O3/c1-6-7-8-9-23-19(4)26(32)30(5)27(29-23)28-22-14-21(16-31(17-22)18(2)3)20-10-11-24-25(15-20)34-13-12-33-24/h8-11,15,18,21-22H,6-7,12-14,16-17H2,1-5H3,(H,28,29)/b9-8-. The van der Waals surface area contributed by atoms with E-state index in [9.17, 15) is 4.79 Å². The van der Waals surface area contributed by atoms with Crippen LogP contribution in [0.25, 0.3) is 6.08 Å². The summed E-state index contributed by atoms with van der Waals surface area (Å²) in [6.45, 7) is 11.5. The largest absolute Gasteiger partial charge is 0.486 e. The summed E-state index contributed by atoms with van der Waals surface area (Å²) < 4.78 is 13.2. The van der Waals surface area contributed by atoms with Crippen LogP contribution in [0.15, 0.2) is 29.1 Å². The Morgan fingerprint density at radius 3 is 2.71 bits per heavy atom. The van der Waals surface area contributed by atoms with E-state index < -0.39 is 0 Å². The van der Waals surface area contributed by atoms with Crippen molar-refractivity contribution in [3.05, 3.63) is 51.4 Å². The number of nitrogens with one attached hydrogen (secondary N) is 1. The second-order valence-corrected chi connectivity index (χ2v) is 9.73. The Kier molecular flexibility index (Phi) is 7.61. The molecule has 0 spiro atoms. The van der Waals surface area contributed by atoms with E-state index in [4.69, 9.17) is 14.5 Å². The van der Waals surface area contributed by atoms with Crippen molar-refractivity contribution in [1.29, 1.82) is 0 Å². The van der Waals surface area contributed by atoms with E-state index in [1.54, 1.807) is 11.6 Å². The molecule has 1 aromatic carbocycles. The Balaban J connectivity index is 1.59. The van der Waals surface area contributed by atoms with Gasteiger partial charge in [0.2, 0.25) is 5.95 Å². The topological polar surface area (TPSA) is 68.6 Å². The lowest BCUT2D eigenvalue weighted by Crippen LogP contribution is -2.48. The number of hydrogen-bond acceptors (Lipinski definition) is 6. The number of ether oxygens (including phenoxy) is 2. The first-order valence-corrected chi connectivity index (χ1v) is 12.5. The van der Waals surface area contributed by atoms with E-state index in [0.29, 0.717) is 36.7 Å². The van der Waals surface area contributed by atoms with Crippen LogP contribution in [0.4, 0.5) is 5.95 Å². The fourth-order valence-corrected chi connectivity index (χ4v) is 4.78. The Hall–Kier alpha value is -2.80. The lowest BCUT2D eigenvalue weighted by Gasteiger charge is -2.41. The summed E-state index contributed by atoms with van der Waals surface area (Å²) >= 11 is 0. The van der Waals surface area contributed by atoms with Crippen LogP contribution < -0.4 is 20.3 Å². The van der Waals surface area contributed by atoms with Crippen LogP contribution in [0, 0.1) is 6.92 Å². The Labute approximate surface area is 202 Å². The molecule has 2 aliphatic heterocycles. The number of allylic oxidation sites excluding steroid dienone is 1. The summed E-state index contributed by atoms with van der Waals surface area (Å²) in [6.07, 6.45) is 7.07. The van der Waals surface area contributed by atoms with Gasteiger partial charge < -0.3 is 14.8 Å². The second kappa shape index (κ2) is 10.6. The summed E-state index contributed by atoms with van der Waals surface area (Å²) in [5, 5.41) is 3.62. The van der Waals surface area contributed by atoms with Gasteiger partial charge in [-0.25, -0.2) is 4.98 Å². The molecule has 4 rings (SSSR count). The van der Waals surface area contributed by atoms with Crippen molar-refractivity contribution in [3.63, 3.8) is 0 Å². The van der Waals surface area contributed by atoms with Gasteiger partial charge in [-0.3, -0.25) is 14.3 Å². The first kappa shape index (κ1) is 24.3. The zero-order chi connectivity index (χ0) is 24.2. The highest BCUT2D eigenvalue weighted by Crippen LogP contribution is 2.36. The number of anilines is 1. The lowest BCUT2D eigenvalue weighted by molar-refractivity contribution is 0.155. The average molecular weight is 467 g/mol. The molecule has 1 aromatic heterocycles. The fraction of sp³-hybridized carbons (Fsp3) is 0.556. The van der Waals surface area contributed by atoms with Gasteiger partial charge >= 0.3 is 0 Å². The summed E-state index contributed by atoms with van der Waals surface area (Å²) in [7, 11) is 1.80. The molecule has 0 radical (unpaired) electrons. The average Bonchev–Trinajstić information content (AvgIpc) is 2.85. The number of aromatic nitrogens is 2. The summed E-state index contributed by atoms with van der Waals surface area (Å²) in [5.41, 5.74) is 2.69. The number of rotatable bonds is 7. The van der Waals surface area contributed by atoms with E-state index >= 15 is 0 Å². The molecule has 7 heteroatoms. The smallest absolute Gasteiger partial charge is 0.258 e. The number of hydrogen-bond donors (Lipinski definition) is 1. The van der Waals surface area contributed by atoms with Gasteiger partial charge in [-0.2, -0.15) is 0 Å². The van der Waals surface area contributed by atoms with Crippen LogP contribution in [0.3, 0.4) is 0 Å². The molecule has 0 aliphatic carbocycles. The van der Waals surface area contributed by atoms with Gasteiger partial charge in [0.25, 0.3) is 5.56 Å². The van der Waals surface area contributed by atoms with Gasteiger partial charge in [-0.05, 0) is 63.3 Å². The van der Waals surface area contributed by atoms with Gasteiger partial charge in [0.15, 0.2) is 11.5 Å². The van der Waals surface area contributed by atoms with Gasteiger partial charge in [-0.1, -0.05) is 25.5 Å². The zero-order valence-electron chi connectivity index (χ0n) is 21.1. The number of unbranched alkanes of at least 4 members (excludes halogenated alkanes) is 1. The number of likely N-dealkylation sites (tertiary alicyclic amines) is 1. The molecule has 0 bridgehead atoms. The lowest BCUT2D eigenvalue weighted by atomic mass is 9.87. The minimum absolute atomic E-state index is 0.00596. The van der Waals surface area contributed by atoms with E-state index in [0.717, 1.165) is 49.5 Å². The van der Waals surface area contributed by atoms with Gasteiger partial charge in [-0.15, -0.1) is 0 Å². The Bertz CT molecular complexity index is 1090. The maximum atomic E-state index is 12.9. The molecular formula is C27H38N4O3. The summed E-state index contributed by atoms with van der Waals surface area (Å²) in [6, 6.07) is 6.92. The first-order valence-electron chi connectivity index (χ1n) is 12.5. The minimum atomic E-state index is -0.00596. The van der Waals surface area contributed by atoms with Crippen molar-refractivity contribution in [2.24, 2.45) is 7.05 Å². The van der Waals surface area contributed by atoms with Crippen molar-refractivity contribution in [3.8, 4) is 11.5 Å². The Morgan fingerprint density at radius 1 is 1.21 bits per heavy atom. The predicted octanol–water partition coefficient (Wildman–Crippen LogP) is 4.35. The molecule has 0 amide bonds. The highest BCUT2D eigenvalue weighted by atomic mass is 16.6. The van der Waals surface area contributed by atoms with Crippen LogP contribution in [0.2, 0.25) is 0 Å². The van der Waals surface area contributed by atoms with Crippen molar-refractivity contribution in [2.75, 3.05) is 31.6 Å². The van der Waals surface area contributed by atoms with Crippen LogP contribution in [-0.2, 0) is 7.05 Å². The maximum Gasteiger partial charge on any atom is 0.258 e. The molecule has 1 N–H and O–H groups in total. The Morgan fingerprint density at radius 2 is 1.97 bits per heavy atom. The van der Waals surface area contributed by atoms with E-state index in [-0.39, 0.29) is 11.6 Å². The van der Waals surface area contributed by atoms with Crippen LogP contribution in [-0.4, -0.2) is 52.8 Å². The van der Waals surface area contributed by atoms with Crippen molar-refractivity contribution in [2.45, 2.75) is 65.0 Å². The molecular weight excluding hydrogens is 428 g/mol.